The molecule has 6 nitrogen and oxygen atoms in total. The zero-order valence-corrected chi connectivity index (χ0v) is 12.1. The molecule has 0 aliphatic carbocycles. The molecule has 1 unspecified atom stereocenters. The van der Waals surface area contributed by atoms with E-state index in [-0.39, 0.29) is 5.91 Å². The number of carbonyl (C=O) groups is 1. The van der Waals surface area contributed by atoms with Gasteiger partial charge >= 0.3 is 0 Å². The maximum absolute atomic E-state index is 11.7. The summed E-state index contributed by atoms with van der Waals surface area (Å²) in [6, 6.07) is 3.40. The minimum atomic E-state index is -0.539. The number of ether oxygens (including phenoxy) is 1. The van der Waals surface area contributed by atoms with Crippen LogP contribution in [0, 0.1) is 0 Å². The molecule has 1 aliphatic rings. The second-order valence-electron chi connectivity index (χ2n) is 4.97. The van der Waals surface area contributed by atoms with Crippen LogP contribution in [0.15, 0.2) is 31.0 Å². The molecule has 0 bridgehead atoms. The monoisotopic (exact) mass is 290 g/mol. The van der Waals surface area contributed by atoms with E-state index in [2.05, 4.69) is 21.8 Å². The van der Waals surface area contributed by atoms with E-state index in [1.165, 1.54) is 0 Å². The fourth-order valence-electron chi connectivity index (χ4n) is 2.11. The van der Waals surface area contributed by atoms with Crippen LogP contribution in [0.3, 0.4) is 0 Å². The molecule has 3 N–H and O–H groups in total. The largest absolute Gasteiger partial charge is 0.378 e. The summed E-state index contributed by atoms with van der Waals surface area (Å²) >= 11 is 0. The summed E-state index contributed by atoms with van der Waals surface area (Å²) in [6.07, 6.45) is 3.90. The third kappa shape index (κ3) is 4.54. The Bertz CT molecular complexity index is 469. The number of carbonyl (C=O) groups excluding carboxylic acids is 1. The first kappa shape index (κ1) is 15.5. The second kappa shape index (κ2) is 7.75. The van der Waals surface area contributed by atoms with Crippen LogP contribution >= 0.6 is 0 Å². The Balaban J connectivity index is 1.84. The molecule has 1 fully saturated rings. The standard InChI is InChI=1S/C15H22N4O2/c1-2-3-13(16)15(20)18-11-12-4-5-14(17-10-12)19-6-8-21-9-7-19/h2,4-5,10,13H,1,3,6-9,11,16H2,(H,18,20). The Morgan fingerprint density at radius 1 is 1.52 bits per heavy atom. The number of nitrogens with one attached hydrogen (secondary N) is 1. The molecule has 0 radical (unpaired) electrons. The number of hydrogen-bond donors (Lipinski definition) is 2. The lowest BCUT2D eigenvalue weighted by Crippen LogP contribution is -2.39. The van der Waals surface area contributed by atoms with Crippen LogP contribution in [0.5, 0.6) is 0 Å². The molecule has 6 heteroatoms. The third-order valence-electron chi connectivity index (χ3n) is 3.37. The van der Waals surface area contributed by atoms with Crippen molar-refractivity contribution in [3.63, 3.8) is 0 Å². The van der Waals surface area contributed by atoms with Gasteiger partial charge in [-0.3, -0.25) is 4.79 Å². The van der Waals surface area contributed by atoms with Crippen molar-refractivity contribution >= 4 is 11.7 Å². The lowest BCUT2D eigenvalue weighted by molar-refractivity contribution is -0.122. The normalized spacial score (nSPS) is 16.3. The quantitative estimate of drug-likeness (QED) is 0.743. The SMILES string of the molecule is C=CCC(N)C(=O)NCc1ccc(N2CCOCC2)nc1. The van der Waals surface area contributed by atoms with Gasteiger partial charge in [0.1, 0.15) is 5.82 Å². The topological polar surface area (TPSA) is 80.5 Å². The first-order valence-electron chi connectivity index (χ1n) is 7.12. The van der Waals surface area contributed by atoms with Gasteiger partial charge in [0.2, 0.25) is 5.91 Å². The number of nitrogens with two attached hydrogens (primary N) is 1. The summed E-state index contributed by atoms with van der Waals surface area (Å²) in [5.74, 6) is 0.767. The van der Waals surface area contributed by atoms with Crippen LogP contribution in [0.1, 0.15) is 12.0 Å². The highest BCUT2D eigenvalue weighted by Gasteiger charge is 2.13. The predicted molar refractivity (Wildman–Crippen MR) is 81.9 cm³/mol. The number of hydrogen-bond acceptors (Lipinski definition) is 5. The van der Waals surface area contributed by atoms with Crippen molar-refractivity contribution in [3.8, 4) is 0 Å². The van der Waals surface area contributed by atoms with E-state index in [1.807, 2.05) is 12.1 Å². The number of rotatable bonds is 6. The summed E-state index contributed by atoms with van der Waals surface area (Å²) in [4.78, 5) is 18.3. The van der Waals surface area contributed by atoms with Gasteiger partial charge < -0.3 is 20.7 Å². The van der Waals surface area contributed by atoms with Crippen molar-refractivity contribution in [2.45, 2.75) is 19.0 Å². The van der Waals surface area contributed by atoms with Crippen LogP contribution in [0.25, 0.3) is 0 Å². The van der Waals surface area contributed by atoms with Crippen LogP contribution in [0.4, 0.5) is 5.82 Å². The molecular formula is C15H22N4O2. The second-order valence-corrected chi connectivity index (χ2v) is 4.97. The number of amides is 1. The fourth-order valence-corrected chi connectivity index (χ4v) is 2.11. The first-order chi connectivity index (χ1) is 10.2. The van der Waals surface area contributed by atoms with E-state index in [4.69, 9.17) is 10.5 Å². The van der Waals surface area contributed by atoms with Crippen molar-refractivity contribution < 1.29 is 9.53 Å². The Kier molecular flexibility index (Phi) is 5.71. The summed E-state index contributed by atoms with van der Waals surface area (Å²) in [5, 5.41) is 2.80. The first-order valence-corrected chi connectivity index (χ1v) is 7.12. The molecule has 0 saturated carbocycles. The van der Waals surface area contributed by atoms with Gasteiger partial charge in [0, 0.05) is 25.8 Å². The fraction of sp³-hybridized carbons (Fsp3) is 0.467. The van der Waals surface area contributed by atoms with Crippen LogP contribution < -0.4 is 16.0 Å². The van der Waals surface area contributed by atoms with Gasteiger partial charge in [-0.2, -0.15) is 0 Å². The summed E-state index contributed by atoms with van der Waals surface area (Å²) < 4.78 is 5.32. The minimum Gasteiger partial charge on any atom is -0.378 e. The van der Waals surface area contributed by atoms with Crippen molar-refractivity contribution in [1.82, 2.24) is 10.3 Å². The van der Waals surface area contributed by atoms with Crippen molar-refractivity contribution in [1.29, 1.82) is 0 Å². The molecule has 1 aromatic rings. The average Bonchev–Trinajstić information content (AvgIpc) is 2.54. The highest BCUT2D eigenvalue weighted by atomic mass is 16.5. The van der Waals surface area contributed by atoms with Crippen molar-refractivity contribution in [2.24, 2.45) is 5.73 Å². The van der Waals surface area contributed by atoms with Gasteiger partial charge in [0.25, 0.3) is 0 Å². The summed E-state index contributed by atoms with van der Waals surface area (Å²) in [5.41, 5.74) is 6.65. The van der Waals surface area contributed by atoms with Gasteiger partial charge in [0.15, 0.2) is 0 Å². The van der Waals surface area contributed by atoms with Gasteiger partial charge in [-0.1, -0.05) is 12.1 Å². The van der Waals surface area contributed by atoms with Gasteiger partial charge in [-0.25, -0.2) is 4.98 Å². The van der Waals surface area contributed by atoms with E-state index in [0.29, 0.717) is 13.0 Å². The molecule has 1 atom stereocenters. The Morgan fingerprint density at radius 2 is 2.29 bits per heavy atom. The van der Waals surface area contributed by atoms with Crippen LogP contribution in [-0.4, -0.2) is 43.2 Å². The molecule has 21 heavy (non-hydrogen) atoms. The highest BCUT2D eigenvalue weighted by Crippen LogP contribution is 2.12. The van der Waals surface area contributed by atoms with E-state index in [1.54, 1.807) is 12.3 Å². The molecule has 1 aliphatic heterocycles. The molecule has 1 saturated heterocycles. The van der Waals surface area contributed by atoms with E-state index in [0.717, 1.165) is 37.7 Å². The van der Waals surface area contributed by atoms with Gasteiger partial charge in [0.05, 0.1) is 19.3 Å². The molecule has 1 aromatic heterocycles. The smallest absolute Gasteiger partial charge is 0.237 e. The third-order valence-corrected chi connectivity index (χ3v) is 3.37. The zero-order valence-electron chi connectivity index (χ0n) is 12.1. The lowest BCUT2D eigenvalue weighted by Gasteiger charge is -2.27. The van der Waals surface area contributed by atoms with Gasteiger partial charge in [-0.15, -0.1) is 6.58 Å². The molecule has 1 amide bonds. The molecule has 0 aromatic carbocycles. The highest BCUT2D eigenvalue weighted by molar-refractivity contribution is 5.81. The number of aromatic nitrogens is 1. The number of nitrogens with zero attached hydrogens (tertiary/aromatic N) is 2. The molecule has 2 heterocycles. The molecule has 0 spiro atoms. The van der Waals surface area contributed by atoms with E-state index < -0.39 is 6.04 Å². The van der Waals surface area contributed by atoms with Crippen LogP contribution in [-0.2, 0) is 16.1 Å². The Hall–Kier alpha value is -1.92. The number of pyridine rings is 1. The Morgan fingerprint density at radius 3 is 2.90 bits per heavy atom. The zero-order chi connectivity index (χ0) is 15.1. The van der Waals surface area contributed by atoms with Crippen LogP contribution in [0.2, 0.25) is 0 Å². The van der Waals surface area contributed by atoms with Crippen molar-refractivity contribution in [3.05, 3.63) is 36.5 Å². The molecular weight excluding hydrogens is 268 g/mol. The van der Waals surface area contributed by atoms with E-state index in [9.17, 15) is 4.79 Å². The average molecular weight is 290 g/mol. The summed E-state index contributed by atoms with van der Waals surface area (Å²) in [6.45, 7) is 7.20. The Labute approximate surface area is 125 Å². The number of anilines is 1. The number of morpholine rings is 1. The lowest BCUT2D eigenvalue weighted by atomic mass is 10.2. The minimum absolute atomic E-state index is 0.174. The molecule has 114 valence electrons. The predicted octanol–water partition coefficient (Wildman–Crippen LogP) is 0.438. The summed E-state index contributed by atoms with van der Waals surface area (Å²) in [7, 11) is 0. The van der Waals surface area contributed by atoms with Gasteiger partial charge in [-0.05, 0) is 18.1 Å². The maximum atomic E-state index is 11.7. The van der Waals surface area contributed by atoms with Crippen molar-refractivity contribution in [2.75, 3.05) is 31.2 Å². The maximum Gasteiger partial charge on any atom is 0.237 e. The van der Waals surface area contributed by atoms with E-state index >= 15 is 0 Å². The molecule has 2 rings (SSSR count).